The zero-order valence-electron chi connectivity index (χ0n) is 19.0. The van der Waals surface area contributed by atoms with Gasteiger partial charge in [-0.1, -0.05) is 24.1 Å². The number of carbonyl (C=O) groups excluding carboxylic acids is 1. The summed E-state index contributed by atoms with van der Waals surface area (Å²) in [5, 5.41) is 0. The number of rotatable bonds is 4. The Morgan fingerprint density at radius 2 is 1.94 bits per heavy atom. The molecule has 0 aliphatic rings. The maximum atomic E-state index is 13.1. The molecule has 0 fully saturated rings. The van der Waals surface area contributed by atoms with E-state index in [4.69, 9.17) is 5.73 Å². The minimum Gasteiger partial charge on any atom is -0.396 e. The topological polar surface area (TPSA) is 78.2 Å². The molecule has 0 radical (unpaired) electrons. The van der Waals surface area contributed by atoms with Gasteiger partial charge in [0, 0.05) is 41.8 Å². The predicted octanol–water partition coefficient (Wildman–Crippen LogP) is 4.54. The molecule has 3 aromatic heterocycles. The van der Waals surface area contributed by atoms with Gasteiger partial charge >= 0.3 is 0 Å². The van der Waals surface area contributed by atoms with Gasteiger partial charge in [0.05, 0.1) is 18.2 Å². The van der Waals surface area contributed by atoms with Crippen LogP contribution in [0, 0.1) is 25.7 Å². The number of hydrogen-bond acceptors (Lipinski definition) is 4. The lowest BCUT2D eigenvalue weighted by molar-refractivity contribution is 0.0993. The molecule has 5 rings (SSSR count). The van der Waals surface area contributed by atoms with Gasteiger partial charge in [0.1, 0.15) is 5.69 Å². The number of carbonyl (C=O) groups is 1. The summed E-state index contributed by atoms with van der Waals surface area (Å²) in [6.07, 6.45) is 9.29. The van der Waals surface area contributed by atoms with Crippen molar-refractivity contribution in [3.63, 3.8) is 0 Å². The molecule has 34 heavy (non-hydrogen) atoms. The summed E-state index contributed by atoms with van der Waals surface area (Å²) in [6.45, 7) is 4.02. The van der Waals surface area contributed by atoms with Crippen LogP contribution in [0.2, 0.25) is 0 Å². The largest absolute Gasteiger partial charge is 0.396 e. The molecule has 166 valence electrons. The van der Waals surface area contributed by atoms with Crippen LogP contribution in [0.3, 0.4) is 0 Å². The minimum atomic E-state index is 0.0489. The molecule has 5 aromatic rings. The first-order chi connectivity index (χ1) is 16.5. The van der Waals surface area contributed by atoms with Gasteiger partial charge in [-0.25, -0.2) is 9.97 Å². The molecule has 0 unspecified atom stereocenters. The molecule has 0 saturated heterocycles. The number of hydrogen-bond donors (Lipinski definition) is 1. The van der Waals surface area contributed by atoms with Crippen molar-refractivity contribution in [3.05, 3.63) is 113 Å². The van der Waals surface area contributed by atoms with E-state index in [1.54, 1.807) is 18.7 Å². The van der Waals surface area contributed by atoms with E-state index >= 15 is 0 Å². The van der Waals surface area contributed by atoms with Crippen LogP contribution >= 0.6 is 0 Å². The zero-order valence-corrected chi connectivity index (χ0v) is 19.0. The first-order valence-electron chi connectivity index (χ1n) is 10.9. The number of nitrogen functional groups attached to an aromatic ring is 1. The monoisotopic (exact) mass is 445 g/mol. The van der Waals surface area contributed by atoms with Gasteiger partial charge in [-0.2, -0.15) is 0 Å². The van der Waals surface area contributed by atoms with E-state index < -0.39 is 0 Å². The number of pyridine rings is 1. The van der Waals surface area contributed by atoms with E-state index in [-0.39, 0.29) is 5.78 Å². The number of nitrogens with zero attached hydrogens (tertiary/aromatic N) is 4. The second-order valence-corrected chi connectivity index (χ2v) is 8.33. The second kappa shape index (κ2) is 8.72. The normalized spacial score (nSPS) is 10.8. The number of benzene rings is 2. The minimum absolute atomic E-state index is 0.0489. The standard InChI is InChI=1S/C28H23N5O/c1-19-12-21(14-25(13-19)32-11-9-30-18-32)15-27(34)23-6-5-20(2)22(16-23)7-8-24-17-31-28-26(29)4-3-10-33(24)28/h3-6,9-14,16-18H,15,29H2,1-2H3. The van der Waals surface area contributed by atoms with E-state index in [1.807, 2.05) is 77.7 Å². The molecule has 0 aliphatic heterocycles. The lowest BCUT2D eigenvalue weighted by Crippen LogP contribution is -2.05. The Bertz CT molecular complexity index is 1580. The molecule has 0 atom stereocenters. The number of aryl methyl sites for hydroxylation is 2. The quantitative estimate of drug-likeness (QED) is 0.325. The lowest BCUT2D eigenvalue weighted by Gasteiger charge is -2.09. The van der Waals surface area contributed by atoms with Crippen LogP contribution in [0.5, 0.6) is 0 Å². The van der Waals surface area contributed by atoms with Crippen LogP contribution in [0.4, 0.5) is 5.69 Å². The smallest absolute Gasteiger partial charge is 0.167 e. The van der Waals surface area contributed by atoms with Crippen LogP contribution in [0.1, 0.15) is 38.3 Å². The van der Waals surface area contributed by atoms with Gasteiger partial charge in [0.25, 0.3) is 0 Å². The molecular weight excluding hydrogens is 422 g/mol. The van der Waals surface area contributed by atoms with Crippen LogP contribution in [-0.2, 0) is 6.42 Å². The maximum Gasteiger partial charge on any atom is 0.167 e. The molecular formula is C28H23N5O. The molecule has 0 bridgehead atoms. The number of fused-ring (bicyclic) bond motifs is 1. The van der Waals surface area contributed by atoms with Gasteiger partial charge in [-0.05, 0) is 66.8 Å². The third-order valence-electron chi connectivity index (χ3n) is 5.74. The van der Waals surface area contributed by atoms with Gasteiger partial charge in [-0.3, -0.25) is 9.20 Å². The fourth-order valence-corrected chi connectivity index (χ4v) is 3.98. The van der Waals surface area contributed by atoms with Gasteiger partial charge in [0.2, 0.25) is 0 Å². The van der Waals surface area contributed by atoms with Crippen molar-refractivity contribution >= 4 is 17.1 Å². The van der Waals surface area contributed by atoms with Crippen LogP contribution in [0.15, 0.2) is 79.6 Å². The highest BCUT2D eigenvalue weighted by Gasteiger charge is 2.11. The van der Waals surface area contributed by atoms with E-state index in [0.29, 0.717) is 23.3 Å². The maximum absolute atomic E-state index is 13.1. The zero-order chi connectivity index (χ0) is 23.7. The van der Waals surface area contributed by atoms with Gasteiger partial charge in [0.15, 0.2) is 11.4 Å². The van der Waals surface area contributed by atoms with Crippen LogP contribution in [-0.4, -0.2) is 24.7 Å². The van der Waals surface area contributed by atoms with E-state index in [2.05, 4.69) is 27.9 Å². The second-order valence-electron chi connectivity index (χ2n) is 8.33. The summed E-state index contributed by atoms with van der Waals surface area (Å²) in [7, 11) is 0. The summed E-state index contributed by atoms with van der Waals surface area (Å²) in [4.78, 5) is 21.6. The predicted molar refractivity (Wildman–Crippen MR) is 133 cm³/mol. The van der Waals surface area contributed by atoms with E-state index in [9.17, 15) is 4.79 Å². The fraction of sp³-hybridized carbons (Fsp3) is 0.107. The van der Waals surface area contributed by atoms with E-state index in [1.165, 1.54) is 0 Å². The third kappa shape index (κ3) is 4.19. The Balaban J connectivity index is 1.42. The summed E-state index contributed by atoms with van der Waals surface area (Å²) >= 11 is 0. The SMILES string of the molecule is Cc1cc(CC(=O)c2ccc(C)c(C#Cc3cnc4c(N)cccn34)c2)cc(-n2ccnc2)c1. The fourth-order valence-electron chi connectivity index (χ4n) is 3.98. The number of anilines is 1. The Hall–Kier alpha value is -4.63. The number of aromatic nitrogens is 4. The molecule has 0 aliphatic carbocycles. The number of imidazole rings is 2. The number of nitrogens with two attached hydrogens (primary N) is 1. The van der Waals surface area contributed by atoms with Gasteiger partial charge in [-0.15, -0.1) is 0 Å². The Labute approximate surface area is 197 Å². The third-order valence-corrected chi connectivity index (χ3v) is 5.74. The summed E-state index contributed by atoms with van der Waals surface area (Å²) in [5.41, 5.74) is 13.5. The lowest BCUT2D eigenvalue weighted by atomic mass is 9.98. The van der Waals surface area contributed by atoms with Crippen molar-refractivity contribution in [2.45, 2.75) is 20.3 Å². The first kappa shape index (κ1) is 21.2. The van der Waals surface area contributed by atoms with Crippen molar-refractivity contribution in [1.29, 1.82) is 0 Å². The average Bonchev–Trinajstić information content (AvgIpc) is 3.49. The van der Waals surface area contributed by atoms with Crippen molar-refractivity contribution < 1.29 is 4.79 Å². The summed E-state index contributed by atoms with van der Waals surface area (Å²) in [6, 6.07) is 15.5. The molecule has 2 N–H and O–H groups in total. The van der Waals surface area contributed by atoms with Crippen LogP contribution in [0.25, 0.3) is 11.3 Å². The molecule has 6 heteroatoms. The molecule has 2 aromatic carbocycles. The van der Waals surface area contributed by atoms with Crippen molar-refractivity contribution in [2.75, 3.05) is 5.73 Å². The van der Waals surface area contributed by atoms with Crippen LogP contribution < -0.4 is 5.73 Å². The molecule has 0 saturated carbocycles. The molecule has 3 heterocycles. The highest BCUT2D eigenvalue weighted by atomic mass is 16.1. The Morgan fingerprint density at radius 1 is 1.06 bits per heavy atom. The average molecular weight is 446 g/mol. The highest BCUT2D eigenvalue weighted by Crippen LogP contribution is 2.18. The molecule has 0 amide bonds. The van der Waals surface area contributed by atoms with Crippen molar-refractivity contribution in [1.82, 2.24) is 18.9 Å². The van der Waals surface area contributed by atoms with Crippen molar-refractivity contribution in [2.24, 2.45) is 0 Å². The Morgan fingerprint density at radius 3 is 2.76 bits per heavy atom. The number of ketones is 1. The van der Waals surface area contributed by atoms with Crippen molar-refractivity contribution in [3.8, 4) is 17.5 Å². The summed E-state index contributed by atoms with van der Waals surface area (Å²) in [5.74, 6) is 6.43. The van der Waals surface area contributed by atoms with E-state index in [0.717, 1.165) is 33.6 Å². The summed E-state index contributed by atoms with van der Waals surface area (Å²) < 4.78 is 3.80. The first-order valence-corrected chi connectivity index (χ1v) is 10.9. The highest BCUT2D eigenvalue weighted by molar-refractivity contribution is 5.98. The Kier molecular flexibility index (Phi) is 5.44. The number of Topliss-reactive ketones (excluding diaryl/α,β-unsaturated/α-hetero) is 1. The molecule has 6 nitrogen and oxygen atoms in total. The van der Waals surface area contributed by atoms with Gasteiger partial charge < -0.3 is 10.3 Å². The molecule has 0 spiro atoms.